The largest absolute Gasteiger partial charge is 0.395 e. The second-order valence-corrected chi connectivity index (χ2v) is 5.57. The highest BCUT2D eigenvalue weighted by molar-refractivity contribution is 6.39. The van der Waals surface area contributed by atoms with Crippen LogP contribution < -0.4 is 10.6 Å². The molecule has 130 valence electrons. The van der Waals surface area contributed by atoms with E-state index in [9.17, 15) is 14.4 Å². The summed E-state index contributed by atoms with van der Waals surface area (Å²) in [6, 6.07) is 6.54. The fourth-order valence-corrected chi connectivity index (χ4v) is 2.48. The lowest BCUT2D eigenvalue weighted by molar-refractivity contribution is -0.144. The molecule has 1 aliphatic heterocycles. The quantitative estimate of drug-likeness (QED) is 0.657. The molecule has 1 aromatic rings. The normalized spacial score (nSPS) is 15.0. The number of nitrogens with zero attached hydrogens (tertiary/aromatic N) is 2. The van der Waals surface area contributed by atoms with Gasteiger partial charge in [0.15, 0.2) is 0 Å². The average molecular weight is 334 g/mol. The number of hydrogen-bond acceptors (Lipinski definition) is 5. The number of hydrogen-bond donors (Lipinski definition) is 3. The van der Waals surface area contributed by atoms with E-state index >= 15 is 0 Å². The van der Waals surface area contributed by atoms with Crippen molar-refractivity contribution in [3.05, 3.63) is 24.3 Å². The van der Waals surface area contributed by atoms with E-state index in [1.165, 1.54) is 11.8 Å². The molecule has 3 N–H and O–H groups in total. The van der Waals surface area contributed by atoms with E-state index in [1.807, 2.05) is 4.90 Å². The molecule has 1 heterocycles. The summed E-state index contributed by atoms with van der Waals surface area (Å²) in [5.74, 6) is -1.43. The molecule has 0 aliphatic carbocycles. The average Bonchev–Trinajstić information content (AvgIpc) is 2.56. The zero-order chi connectivity index (χ0) is 17.5. The van der Waals surface area contributed by atoms with Crippen LogP contribution in [0.15, 0.2) is 24.3 Å². The van der Waals surface area contributed by atoms with Gasteiger partial charge in [-0.05, 0) is 24.3 Å². The standard InChI is InChI=1S/C16H22N4O4/c1-12(22)17-13-2-4-14(5-3-13)18-15(23)16(24)20-8-6-19(7-9-20)10-11-21/h2-5,21H,6-11H2,1H3,(H,17,22)(H,18,23). The number of carbonyl (C=O) groups excluding carboxylic acids is 3. The molecule has 0 bridgehead atoms. The second kappa shape index (κ2) is 8.42. The van der Waals surface area contributed by atoms with Gasteiger partial charge in [0.2, 0.25) is 5.91 Å². The lowest BCUT2D eigenvalue weighted by Crippen LogP contribution is -2.52. The smallest absolute Gasteiger partial charge is 0.313 e. The molecular weight excluding hydrogens is 312 g/mol. The van der Waals surface area contributed by atoms with Gasteiger partial charge in [-0.15, -0.1) is 0 Å². The SMILES string of the molecule is CC(=O)Nc1ccc(NC(=O)C(=O)N2CCN(CCO)CC2)cc1. The van der Waals surface area contributed by atoms with Crippen LogP contribution in [0.1, 0.15) is 6.92 Å². The number of rotatable bonds is 4. The monoisotopic (exact) mass is 334 g/mol. The molecule has 24 heavy (non-hydrogen) atoms. The Kier molecular flexibility index (Phi) is 6.28. The van der Waals surface area contributed by atoms with Gasteiger partial charge in [0, 0.05) is 51.0 Å². The van der Waals surface area contributed by atoms with Gasteiger partial charge in [-0.2, -0.15) is 0 Å². The highest BCUT2D eigenvalue weighted by Gasteiger charge is 2.25. The Morgan fingerprint density at radius 2 is 1.54 bits per heavy atom. The van der Waals surface area contributed by atoms with Crippen LogP contribution in [0.25, 0.3) is 0 Å². The van der Waals surface area contributed by atoms with Crippen LogP contribution in [-0.4, -0.2) is 72.0 Å². The highest BCUT2D eigenvalue weighted by Crippen LogP contribution is 2.14. The molecular formula is C16H22N4O4. The highest BCUT2D eigenvalue weighted by atomic mass is 16.3. The van der Waals surface area contributed by atoms with Crippen molar-refractivity contribution in [1.29, 1.82) is 0 Å². The van der Waals surface area contributed by atoms with Crippen molar-refractivity contribution in [2.45, 2.75) is 6.92 Å². The molecule has 0 atom stereocenters. The minimum atomic E-state index is -0.683. The summed E-state index contributed by atoms with van der Waals surface area (Å²) in [4.78, 5) is 38.7. The van der Waals surface area contributed by atoms with Gasteiger partial charge < -0.3 is 20.6 Å². The first-order valence-electron chi connectivity index (χ1n) is 7.80. The van der Waals surface area contributed by atoms with Gasteiger partial charge in [-0.1, -0.05) is 0 Å². The molecule has 8 heteroatoms. The predicted molar refractivity (Wildman–Crippen MR) is 89.5 cm³/mol. The molecule has 1 saturated heterocycles. The third-order valence-corrected chi connectivity index (χ3v) is 3.73. The van der Waals surface area contributed by atoms with E-state index in [4.69, 9.17) is 5.11 Å². The van der Waals surface area contributed by atoms with Crippen LogP contribution in [0, 0.1) is 0 Å². The van der Waals surface area contributed by atoms with Crippen LogP contribution in [0.3, 0.4) is 0 Å². The van der Waals surface area contributed by atoms with E-state index in [0.717, 1.165) is 0 Å². The summed E-state index contributed by atoms with van der Waals surface area (Å²) >= 11 is 0. The zero-order valence-electron chi connectivity index (χ0n) is 13.6. The summed E-state index contributed by atoms with van der Waals surface area (Å²) in [5, 5.41) is 14.1. The molecule has 3 amide bonds. The molecule has 2 rings (SSSR count). The zero-order valence-corrected chi connectivity index (χ0v) is 13.6. The molecule has 0 spiro atoms. The maximum atomic E-state index is 12.2. The molecule has 1 fully saturated rings. The first-order valence-corrected chi connectivity index (χ1v) is 7.80. The molecule has 0 aromatic heterocycles. The fourth-order valence-electron chi connectivity index (χ4n) is 2.48. The Labute approximate surface area is 140 Å². The third kappa shape index (κ3) is 5.04. The van der Waals surface area contributed by atoms with Crippen molar-refractivity contribution in [3.63, 3.8) is 0 Å². The van der Waals surface area contributed by atoms with Crippen molar-refractivity contribution in [2.75, 3.05) is 50.0 Å². The van der Waals surface area contributed by atoms with E-state index < -0.39 is 11.8 Å². The minimum absolute atomic E-state index is 0.0862. The van der Waals surface area contributed by atoms with Gasteiger partial charge in [0.25, 0.3) is 0 Å². The Morgan fingerprint density at radius 1 is 1.00 bits per heavy atom. The maximum absolute atomic E-state index is 12.2. The molecule has 0 saturated carbocycles. The molecule has 0 unspecified atom stereocenters. The summed E-state index contributed by atoms with van der Waals surface area (Å²) in [7, 11) is 0. The molecule has 8 nitrogen and oxygen atoms in total. The number of piperazine rings is 1. The Morgan fingerprint density at radius 3 is 2.04 bits per heavy atom. The number of β-amino-alcohol motifs (C(OH)–C–C–N with tert-alkyl or cyclic N) is 1. The molecule has 1 aromatic carbocycles. The van der Waals surface area contributed by atoms with Crippen LogP contribution >= 0.6 is 0 Å². The van der Waals surface area contributed by atoms with Crippen molar-refractivity contribution < 1.29 is 19.5 Å². The topological polar surface area (TPSA) is 102 Å². The lowest BCUT2D eigenvalue weighted by Gasteiger charge is -2.33. The summed E-state index contributed by atoms with van der Waals surface area (Å²) in [5.41, 5.74) is 1.10. The number of amides is 3. The van der Waals surface area contributed by atoms with Crippen molar-refractivity contribution in [3.8, 4) is 0 Å². The molecule has 1 aliphatic rings. The van der Waals surface area contributed by atoms with Crippen molar-refractivity contribution in [2.24, 2.45) is 0 Å². The Balaban J connectivity index is 1.85. The van der Waals surface area contributed by atoms with Gasteiger partial charge in [-0.3, -0.25) is 19.3 Å². The number of carbonyl (C=O) groups is 3. The predicted octanol–water partition coefficient (Wildman–Crippen LogP) is -0.280. The van der Waals surface area contributed by atoms with Crippen LogP contribution in [0.2, 0.25) is 0 Å². The first kappa shape index (κ1) is 17.9. The number of benzene rings is 1. The third-order valence-electron chi connectivity index (χ3n) is 3.73. The van der Waals surface area contributed by atoms with Crippen LogP contribution in [0.5, 0.6) is 0 Å². The Hall–Kier alpha value is -2.45. The number of aliphatic hydroxyl groups is 1. The van der Waals surface area contributed by atoms with E-state index in [1.54, 1.807) is 24.3 Å². The first-order chi connectivity index (χ1) is 11.5. The number of nitrogens with one attached hydrogen (secondary N) is 2. The lowest BCUT2D eigenvalue weighted by atomic mass is 10.2. The summed E-state index contributed by atoms with van der Waals surface area (Å²) in [6.07, 6.45) is 0. The second-order valence-electron chi connectivity index (χ2n) is 5.57. The summed E-state index contributed by atoms with van der Waals surface area (Å²) < 4.78 is 0. The summed E-state index contributed by atoms with van der Waals surface area (Å²) in [6.45, 7) is 4.30. The maximum Gasteiger partial charge on any atom is 0.313 e. The van der Waals surface area contributed by atoms with Crippen LogP contribution in [0.4, 0.5) is 11.4 Å². The van der Waals surface area contributed by atoms with E-state index in [-0.39, 0.29) is 12.5 Å². The van der Waals surface area contributed by atoms with Gasteiger partial charge in [0.05, 0.1) is 6.61 Å². The van der Waals surface area contributed by atoms with Crippen molar-refractivity contribution >= 4 is 29.1 Å². The Bertz CT molecular complexity index is 595. The minimum Gasteiger partial charge on any atom is -0.395 e. The van der Waals surface area contributed by atoms with Crippen molar-refractivity contribution in [1.82, 2.24) is 9.80 Å². The number of anilines is 2. The van der Waals surface area contributed by atoms with Gasteiger partial charge >= 0.3 is 11.8 Å². The molecule has 0 radical (unpaired) electrons. The van der Waals surface area contributed by atoms with Gasteiger partial charge in [-0.25, -0.2) is 0 Å². The number of aliphatic hydroxyl groups excluding tert-OH is 1. The fraction of sp³-hybridized carbons (Fsp3) is 0.438. The van der Waals surface area contributed by atoms with E-state index in [0.29, 0.717) is 44.1 Å². The van der Waals surface area contributed by atoms with E-state index in [2.05, 4.69) is 10.6 Å². The van der Waals surface area contributed by atoms with Gasteiger partial charge in [0.1, 0.15) is 0 Å². The van der Waals surface area contributed by atoms with Crippen LogP contribution in [-0.2, 0) is 14.4 Å².